The largest absolute Gasteiger partial charge is 0.395 e. The second-order valence-corrected chi connectivity index (χ2v) is 3.90. The number of aliphatic hydroxyl groups excluding tert-OH is 1. The van der Waals surface area contributed by atoms with Crippen molar-refractivity contribution in [3.63, 3.8) is 0 Å². The van der Waals surface area contributed by atoms with E-state index in [0.29, 0.717) is 5.69 Å². The van der Waals surface area contributed by atoms with E-state index in [1.807, 2.05) is 0 Å². The van der Waals surface area contributed by atoms with E-state index in [4.69, 9.17) is 5.11 Å². The van der Waals surface area contributed by atoms with Crippen molar-refractivity contribution in [1.82, 2.24) is 9.88 Å². The molecule has 0 spiro atoms. The van der Waals surface area contributed by atoms with Gasteiger partial charge in [0, 0.05) is 12.7 Å². The molecule has 0 atom stereocenters. The average molecular weight is 258 g/mol. The van der Waals surface area contributed by atoms with Gasteiger partial charge in [-0.05, 0) is 18.6 Å². The number of aliphatic hydroxyl groups is 1. The van der Waals surface area contributed by atoms with Crippen molar-refractivity contribution in [2.75, 3.05) is 19.7 Å². The van der Waals surface area contributed by atoms with Gasteiger partial charge in [0.05, 0.1) is 25.3 Å². The first-order chi connectivity index (χ1) is 8.54. The van der Waals surface area contributed by atoms with E-state index in [-0.39, 0.29) is 19.6 Å². The lowest BCUT2D eigenvalue weighted by Crippen LogP contribution is -2.38. The zero-order valence-electron chi connectivity index (χ0n) is 10.1. The topological polar surface area (TPSA) is 53.4 Å². The first-order valence-electron chi connectivity index (χ1n) is 5.62. The number of carbonyl (C=O) groups excluding carboxylic acids is 1. The van der Waals surface area contributed by atoms with Crippen LogP contribution >= 0.6 is 0 Å². The molecule has 1 aromatic heterocycles. The molecule has 0 unspecified atom stereocenters. The highest BCUT2D eigenvalue weighted by atomic mass is 19.3. The minimum atomic E-state index is -2.61. The van der Waals surface area contributed by atoms with Gasteiger partial charge >= 0.3 is 0 Å². The third-order valence-corrected chi connectivity index (χ3v) is 2.52. The van der Waals surface area contributed by atoms with Gasteiger partial charge in [0.2, 0.25) is 5.91 Å². The zero-order valence-corrected chi connectivity index (χ0v) is 10.1. The van der Waals surface area contributed by atoms with Crippen molar-refractivity contribution < 1.29 is 18.7 Å². The number of nitrogens with zero attached hydrogens (tertiary/aromatic N) is 2. The summed E-state index contributed by atoms with van der Waals surface area (Å²) < 4.78 is 24.6. The van der Waals surface area contributed by atoms with Gasteiger partial charge in [0.15, 0.2) is 0 Å². The normalized spacial score (nSPS) is 10.7. The Morgan fingerprint density at radius 2 is 2.28 bits per heavy atom. The molecule has 1 N–H and O–H groups in total. The molecule has 0 saturated carbocycles. The molecular weight excluding hydrogens is 242 g/mol. The molecule has 0 radical (unpaired) electrons. The third-order valence-electron chi connectivity index (χ3n) is 2.52. The third kappa shape index (κ3) is 4.37. The van der Waals surface area contributed by atoms with Crippen molar-refractivity contribution >= 4 is 5.91 Å². The van der Waals surface area contributed by atoms with Gasteiger partial charge in [-0.15, -0.1) is 0 Å². The molecule has 0 aliphatic carbocycles. The van der Waals surface area contributed by atoms with Crippen LogP contribution in [0, 0.1) is 6.92 Å². The number of alkyl halides is 2. The molecule has 18 heavy (non-hydrogen) atoms. The first-order valence-corrected chi connectivity index (χ1v) is 5.62. The summed E-state index contributed by atoms with van der Waals surface area (Å²) in [5.74, 6) is -0.453. The maximum Gasteiger partial charge on any atom is 0.255 e. The van der Waals surface area contributed by atoms with Crippen LogP contribution in [-0.2, 0) is 11.2 Å². The molecule has 6 heteroatoms. The lowest BCUT2D eigenvalue weighted by molar-refractivity contribution is -0.133. The molecule has 1 aromatic rings. The molecule has 100 valence electrons. The van der Waals surface area contributed by atoms with Crippen LogP contribution in [0.1, 0.15) is 11.3 Å². The van der Waals surface area contributed by atoms with Crippen molar-refractivity contribution in [1.29, 1.82) is 0 Å². The van der Waals surface area contributed by atoms with Crippen molar-refractivity contribution in [2.45, 2.75) is 19.8 Å². The fourth-order valence-electron chi connectivity index (χ4n) is 1.56. The predicted octanol–water partition coefficient (Wildman–Crippen LogP) is 1.02. The average Bonchev–Trinajstić information content (AvgIpc) is 2.31. The van der Waals surface area contributed by atoms with Crippen LogP contribution in [0.2, 0.25) is 0 Å². The summed E-state index contributed by atoms with van der Waals surface area (Å²) in [5, 5.41) is 8.76. The fourth-order valence-corrected chi connectivity index (χ4v) is 1.56. The van der Waals surface area contributed by atoms with E-state index < -0.39 is 18.9 Å². The van der Waals surface area contributed by atoms with Crippen LogP contribution in [0.5, 0.6) is 0 Å². The molecule has 4 nitrogen and oxygen atoms in total. The second-order valence-electron chi connectivity index (χ2n) is 3.90. The van der Waals surface area contributed by atoms with Gasteiger partial charge in [-0.25, -0.2) is 8.78 Å². The zero-order chi connectivity index (χ0) is 13.5. The Labute approximate surface area is 104 Å². The summed E-state index contributed by atoms with van der Waals surface area (Å²) in [5.41, 5.74) is 1.41. The van der Waals surface area contributed by atoms with Gasteiger partial charge in [-0.2, -0.15) is 0 Å². The highest BCUT2D eigenvalue weighted by Gasteiger charge is 2.18. The smallest absolute Gasteiger partial charge is 0.255 e. The molecule has 0 bridgehead atoms. The monoisotopic (exact) mass is 258 g/mol. The van der Waals surface area contributed by atoms with E-state index in [2.05, 4.69) is 4.98 Å². The van der Waals surface area contributed by atoms with Gasteiger partial charge in [0.25, 0.3) is 6.43 Å². The van der Waals surface area contributed by atoms with Crippen LogP contribution in [0.25, 0.3) is 0 Å². The minimum absolute atomic E-state index is 0.0284. The van der Waals surface area contributed by atoms with E-state index in [0.717, 1.165) is 10.5 Å². The molecule has 0 aromatic carbocycles. The Balaban J connectivity index is 2.69. The van der Waals surface area contributed by atoms with Crippen molar-refractivity contribution in [3.05, 3.63) is 29.6 Å². The summed E-state index contributed by atoms with van der Waals surface area (Å²) in [6.07, 6.45) is -1.08. The molecule has 0 fully saturated rings. The Kier molecular flexibility index (Phi) is 5.64. The van der Waals surface area contributed by atoms with E-state index in [1.165, 1.54) is 0 Å². The lowest BCUT2D eigenvalue weighted by Gasteiger charge is -2.21. The van der Waals surface area contributed by atoms with Crippen molar-refractivity contribution in [3.8, 4) is 0 Å². The van der Waals surface area contributed by atoms with Gasteiger partial charge in [-0.1, -0.05) is 6.07 Å². The molecule has 0 aliphatic rings. The molecular formula is C12H16F2N2O2. The SMILES string of the molecule is Cc1cccnc1CC(=O)N(CCO)CC(F)F. The number of carbonyl (C=O) groups is 1. The minimum Gasteiger partial charge on any atom is -0.395 e. The van der Waals surface area contributed by atoms with Crippen LogP contribution in [0.4, 0.5) is 8.78 Å². The van der Waals surface area contributed by atoms with Crippen LogP contribution in [0.15, 0.2) is 18.3 Å². The highest BCUT2D eigenvalue weighted by molar-refractivity contribution is 5.78. The predicted molar refractivity (Wildman–Crippen MR) is 62.3 cm³/mol. The summed E-state index contributed by atoms with van der Waals surface area (Å²) in [7, 11) is 0. The Bertz CT molecular complexity index is 399. The summed E-state index contributed by atoms with van der Waals surface area (Å²) in [6.45, 7) is 0.721. The maximum atomic E-state index is 12.3. The second kappa shape index (κ2) is 7.00. The lowest BCUT2D eigenvalue weighted by atomic mass is 10.1. The summed E-state index contributed by atoms with van der Waals surface area (Å²) in [4.78, 5) is 16.8. The number of aryl methyl sites for hydroxylation is 1. The summed E-state index contributed by atoms with van der Waals surface area (Å²) >= 11 is 0. The number of hydrogen-bond donors (Lipinski definition) is 1. The number of hydrogen-bond acceptors (Lipinski definition) is 3. The maximum absolute atomic E-state index is 12.3. The number of pyridine rings is 1. The Morgan fingerprint density at radius 1 is 1.56 bits per heavy atom. The molecule has 1 heterocycles. The number of aromatic nitrogens is 1. The van der Waals surface area contributed by atoms with Gasteiger partial charge in [0.1, 0.15) is 0 Å². The summed E-state index contributed by atoms with van der Waals surface area (Å²) in [6, 6.07) is 3.55. The number of rotatable bonds is 6. The first kappa shape index (κ1) is 14.5. The quantitative estimate of drug-likeness (QED) is 0.828. The Hall–Kier alpha value is -1.56. The van der Waals surface area contributed by atoms with Crippen LogP contribution in [-0.4, -0.2) is 47.0 Å². The van der Waals surface area contributed by atoms with Gasteiger partial charge < -0.3 is 10.0 Å². The highest BCUT2D eigenvalue weighted by Crippen LogP contribution is 2.07. The standard InChI is InChI=1S/C12H16F2N2O2/c1-9-3-2-4-15-10(9)7-12(18)16(5-6-17)8-11(13)14/h2-4,11,17H,5-8H2,1H3. The fraction of sp³-hybridized carbons (Fsp3) is 0.500. The molecule has 0 saturated heterocycles. The molecule has 1 amide bonds. The van der Waals surface area contributed by atoms with E-state index in [9.17, 15) is 13.6 Å². The molecule has 0 aliphatic heterocycles. The van der Waals surface area contributed by atoms with Crippen LogP contribution < -0.4 is 0 Å². The van der Waals surface area contributed by atoms with Crippen molar-refractivity contribution in [2.24, 2.45) is 0 Å². The van der Waals surface area contributed by atoms with Gasteiger partial charge in [-0.3, -0.25) is 9.78 Å². The van der Waals surface area contributed by atoms with E-state index >= 15 is 0 Å². The Morgan fingerprint density at radius 3 is 2.83 bits per heavy atom. The van der Waals surface area contributed by atoms with E-state index in [1.54, 1.807) is 25.3 Å². The van der Waals surface area contributed by atoms with Crippen LogP contribution in [0.3, 0.4) is 0 Å². The molecule has 1 rings (SSSR count). The number of halogens is 2. The number of amides is 1.